The zero-order chi connectivity index (χ0) is 18.8. The minimum atomic E-state index is -0.454. The van der Waals surface area contributed by atoms with Crippen LogP contribution in [0.1, 0.15) is 19.3 Å². The van der Waals surface area contributed by atoms with E-state index in [1.165, 1.54) is 0 Å². The molecule has 0 spiro atoms. The van der Waals surface area contributed by atoms with Gasteiger partial charge in [0.05, 0.1) is 30.0 Å². The maximum atomic E-state index is 12.6. The lowest BCUT2D eigenvalue weighted by Gasteiger charge is -2.28. The number of nitrogens with zero attached hydrogens (tertiary/aromatic N) is 2. The number of imidazole rings is 1. The standard InChI is InChI=1S/C21H22ClN3O2/c22-15-5-1-4-14(10-15)17-6-2-7-18-21(17)25(13-24-18)12-16(26)11-19-20(27)8-3-9-23-19/h1-2,4-7,10,13,19-20,23,27H,3,8-9,11-12H2/t19-,20+/m1/s1. The Bertz CT molecular complexity index is 969. The lowest BCUT2D eigenvalue weighted by atomic mass is 9.97. The van der Waals surface area contributed by atoms with Gasteiger partial charge >= 0.3 is 0 Å². The Hall–Kier alpha value is -2.21. The smallest absolute Gasteiger partial charge is 0.154 e. The molecule has 0 saturated carbocycles. The number of hydrogen-bond acceptors (Lipinski definition) is 4. The molecule has 1 saturated heterocycles. The minimum Gasteiger partial charge on any atom is -0.391 e. The van der Waals surface area contributed by atoms with E-state index < -0.39 is 6.10 Å². The van der Waals surface area contributed by atoms with Crippen LogP contribution in [0.4, 0.5) is 0 Å². The van der Waals surface area contributed by atoms with E-state index in [4.69, 9.17) is 11.6 Å². The number of Topliss-reactive ketones (excluding diaryl/α,β-unsaturated/α-hetero) is 1. The first-order valence-corrected chi connectivity index (χ1v) is 9.62. The third kappa shape index (κ3) is 3.90. The van der Waals surface area contributed by atoms with Crippen LogP contribution in [0.5, 0.6) is 0 Å². The molecule has 2 atom stereocenters. The van der Waals surface area contributed by atoms with Crippen molar-refractivity contribution in [1.82, 2.24) is 14.9 Å². The number of hydrogen-bond donors (Lipinski definition) is 2. The first-order chi connectivity index (χ1) is 13.1. The Morgan fingerprint density at radius 2 is 2.15 bits per heavy atom. The number of benzene rings is 2. The molecule has 4 rings (SSSR count). The summed E-state index contributed by atoms with van der Waals surface area (Å²) in [6.45, 7) is 1.08. The zero-order valence-corrected chi connectivity index (χ0v) is 15.7. The second kappa shape index (κ2) is 7.80. The molecule has 0 radical (unpaired) electrons. The summed E-state index contributed by atoms with van der Waals surface area (Å²) in [4.78, 5) is 17.1. The summed E-state index contributed by atoms with van der Waals surface area (Å²) >= 11 is 6.16. The predicted octanol–water partition coefficient (Wildman–Crippen LogP) is 3.43. The quantitative estimate of drug-likeness (QED) is 0.708. The van der Waals surface area contributed by atoms with Gasteiger partial charge in [-0.1, -0.05) is 35.9 Å². The van der Waals surface area contributed by atoms with Crippen molar-refractivity contribution < 1.29 is 9.90 Å². The fourth-order valence-electron chi connectivity index (χ4n) is 3.78. The number of carbonyl (C=O) groups is 1. The molecule has 2 heterocycles. The molecule has 2 aromatic carbocycles. The van der Waals surface area contributed by atoms with Gasteiger partial charge in [-0.25, -0.2) is 4.98 Å². The third-order valence-electron chi connectivity index (χ3n) is 5.12. The van der Waals surface area contributed by atoms with E-state index in [0.29, 0.717) is 11.4 Å². The number of para-hydroxylation sites is 1. The van der Waals surface area contributed by atoms with Gasteiger partial charge < -0.3 is 15.0 Å². The average molecular weight is 384 g/mol. The van der Waals surface area contributed by atoms with Crippen molar-refractivity contribution in [3.63, 3.8) is 0 Å². The highest BCUT2D eigenvalue weighted by Gasteiger charge is 2.25. The molecule has 3 aromatic rings. The van der Waals surface area contributed by atoms with E-state index in [2.05, 4.69) is 10.3 Å². The van der Waals surface area contributed by atoms with E-state index in [-0.39, 0.29) is 18.4 Å². The molecule has 140 valence electrons. The zero-order valence-electron chi connectivity index (χ0n) is 14.9. The highest BCUT2D eigenvalue weighted by Crippen LogP contribution is 2.30. The largest absolute Gasteiger partial charge is 0.391 e. The molecule has 2 N–H and O–H groups in total. The normalized spacial score (nSPS) is 20.1. The number of aromatic nitrogens is 2. The van der Waals surface area contributed by atoms with Crippen LogP contribution in [-0.2, 0) is 11.3 Å². The van der Waals surface area contributed by atoms with Crippen LogP contribution < -0.4 is 5.32 Å². The van der Waals surface area contributed by atoms with Gasteiger partial charge in [0.25, 0.3) is 0 Å². The van der Waals surface area contributed by atoms with Crippen LogP contribution in [0, 0.1) is 0 Å². The van der Waals surface area contributed by atoms with Crippen LogP contribution in [0.15, 0.2) is 48.8 Å². The van der Waals surface area contributed by atoms with Gasteiger partial charge in [-0.3, -0.25) is 4.79 Å². The summed E-state index contributed by atoms with van der Waals surface area (Å²) in [5, 5.41) is 14.0. The van der Waals surface area contributed by atoms with E-state index in [0.717, 1.165) is 41.5 Å². The van der Waals surface area contributed by atoms with E-state index >= 15 is 0 Å². The van der Waals surface area contributed by atoms with Gasteiger partial charge in [0.2, 0.25) is 0 Å². The van der Waals surface area contributed by atoms with Gasteiger partial charge in [0, 0.05) is 23.0 Å². The van der Waals surface area contributed by atoms with Crippen molar-refractivity contribution in [3.05, 3.63) is 53.8 Å². The van der Waals surface area contributed by atoms with E-state index in [1.54, 1.807) is 6.33 Å². The average Bonchev–Trinajstić information content (AvgIpc) is 3.06. The fraction of sp³-hybridized carbons (Fsp3) is 0.333. The highest BCUT2D eigenvalue weighted by molar-refractivity contribution is 6.30. The summed E-state index contributed by atoms with van der Waals surface area (Å²) < 4.78 is 1.89. The molecule has 1 fully saturated rings. The monoisotopic (exact) mass is 383 g/mol. The van der Waals surface area contributed by atoms with Gasteiger partial charge in [0.1, 0.15) is 0 Å². The Balaban J connectivity index is 1.62. The molecular formula is C21H22ClN3O2. The number of ketones is 1. The maximum Gasteiger partial charge on any atom is 0.154 e. The summed E-state index contributed by atoms with van der Waals surface area (Å²) in [7, 11) is 0. The summed E-state index contributed by atoms with van der Waals surface area (Å²) in [5.74, 6) is 0.0775. The molecule has 1 aromatic heterocycles. The summed E-state index contributed by atoms with van der Waals surface area (Å²) in [6, 6.07) is 13.4. The van der Waals surface area contributed by atoms with Gasteiger partial charge in [-0.05, 0) is 43.1 Å². The summed E-state index contributed by atoms with van der Waals surface area (Å²) in [5.41, 5.74) is 3.75. The molecule has 0 bridgehead atoms. The first-order valence-electron chi connectivity index (χ1n) is 9.25. The maximum absolute atomic E-state index is 12.6. The van der Waals surface area contributed by atoms with Crippen molar-refractivity contribution >= 4 is 28.4 Å². The van der Waals surface area contributed by atoms with Gasteiger partial charge in [-0.15, -0.1) is 0 Å². The topological polar surface area (TPSA) is 67.2 Å². The van der Waals surface area contributed by atoms with Crippen LogP contribution in [0.3, 0.4) is 0 Å². The molecule has 5 nitrogen and oxygen atoms in total. The number of fused-ring (bicyclic) bond motifs is 1. The van der Waals surface area contributed by atoms with Crippen LogP contribution in [0.25, 0.3) is 22.2 Å². The molecular weight excluding hydrogens is 362 g/mol. The molecule has 1 aliphatic rings. The van der Waals surface area contributed by atoms with E-state index in [1.807, 2.05) is 47.0 Å². The number of aliphatic hydroxyl groups is 1. The van der Waals surface area contributed by atoms with Crippen LogP contribution in [0.2, 0.25) is 5.02 Å². The highest BCUT2D eigenvalue weighted by atomic mass is 35.5. The lowest BCUT2D eigenvalue weighted by molar-refractivity contribution is -0.121. The third-order valence-corrected chi connectivity index (χ3v) is 5.35. The van der Waals surface area contributed by atoms with Crippen molar-refractivity contribution in [2.75, 3.05) is 6.54 Å². The predicted molar refractivity (Wildman–Crippen MR) is 107 cm³/mol. The fourth-order valence-corrected chi connectivity index (χ4v) is 3.97. The number of piperidine rings is 1. The Morgan fingerprint density at radius 3 is 2.96 bits per heavy atom. The number of carbonyl (C=O) groups excluding carboxylic acids is 1. The number of aliphatic hydroxyl groups excluding tert-OH is 1. The molecule has 27 heavy (non-hydrogen) atoms. The second-order valence-corrected chi connectivity index (χ2v) is 7.51. The van der Waals surface area contributed by atoms with E-state index in [9.17, 15) is 9.90 Å². The summed E-state index contributed by atoms with van der Waals surface area (Å²) in [6.07, 6.45) is 3.27. The number of nitrogens with one attached hydrogen (secondary N) is 1. The van der Waals surface area contributed by atoms with Crippen molar-refractivity contribution in [3.8, 4) is 11.1 Å². The van der Waals surface area contributed by atoms with Crippen molar-refractivity contribution in [1.29, 1.82) is 0 Å². The minimum absolute atomic E-state index is 0.0775. The van der Waals surface area contributed by atoms with Gasteiger partial charge in [0.15, 0.2) is 5.78 Å². The number of rotatable bonds is 5. The first kappa shape index (κ1) is 18.2. The Labute approximate surface area is 163 Å². The molecule has 6 heteroatoms. The molecule has 0 unspecified atom stereocenters. The van der Waals surface area contributed by atoms with Gasteiger partial charge in [-0.2, -0.15) is 0 Å². The van der Waals surface area contributed by atoms with Crippen molar-refractivity contribution in [2.24, 2.45) is 0 Å². The second-order valence-electron chi connectivity index (χ2n) is 7.07. The molecule has 1 aliphatic heterocycles. The van der Waals surface area contributed by atoms with Crippen LogP contribution >= 0.6 is 11.6 Å². The Kier molecular flexibility index (Phi) is 5.25. The molecule has 0 amide bonds. The molecule has 0 aliphatic carbocycles. The lowest BCUT2D eigenvalue weighted by Crippen LogP contribution is -2.46. The SMILES string of the molecule is O=C(C[C@H]1NCCC[C@@H]1O)Cn1cnc2cccc(-c3cccc(Cl)c3)c21. The van der Waals surface area contributed by atoms with Crippen LogP contribution in [-0.4, -0.2) is 39.1 Å². The van der Waals surface area contributed by atoms with Crippen molar-refractivity contribution in [2.45, 2.75) is 38.0 Å². The Morgan fingerprint density at radius 1 is 1.30 bits per heavy atom. The number of halogens is 1.